The Morgan fingerprint density at radius 1 is 0.674 bits per heavy atom. The van der Waals surface area contributed by atoms with Crippen LogP contribution in [0.3, 0.4) is 0 Å². The maximum Gasteiger partial charge on any atom is 0.305 e. The SMILES string of the molecule is CC/C=C\CCCCOC(CCC(=O)OCCCCCCN(CCCO)CC(O)CCCCCC(=O)O)OCCCC/C=C\CC. The van der Waals surface area contributed by atoms with Crippen LogP contribution in [0.1, 0.15) is 142 Å². The second-order valence-corrected chi connectivity index (χ2v) is 12.1. The minimum atomic E-state index is -0.775. The van der Waals surface area contributed by atoms with Crippen molar-refractivity contribution in [3.05, 3.63) is 24.3 Å². The summed E-state index contributed by atoms with van der Waals surface area (Å²) in [6.45, 7) is 8.23. The van der Waals surface area contributed by atoms with Crippen molar-refractivity contribution in [1.29, 1.82) is 0 Å². The van der Waals surface area contributed by atoms with Gasteiger partial charge in [0.2, 0.25) is 0 Å². The first-order valence-corrected chi connectivity index (χ1v) is 18.3. The van der Waals surface area contributed by atoms with Gasteiger partial charge in [0.15, 0.2) is 6.29 Å². The highest BCUT2D eigenvalue weighted by atomic mass is 16.7. The lowest BCUT2D eigenvalue weighted by atomic mass is 10.1. The number of ether oxygens (including phenoxy) is 3. The Balaban J connectivity index is 4.23. The zero-order chi connectivity index (χ0) is 33.9. The molecule has 0 rings (SSSR count). The van der Waals surface area contributed by atoms with Crippen molar-refractivity contribution in [3.63, 3.8) is 0 Å². The lowest BCUT2D eigenvalue weighted by Gasteiger charge is -2.25. The first-order chi connectivity index (χ1) is 22.4. The Bertz CT molecular complexity index is 721. The van der Waals surface area contributed by atoms with Crippen LogP contribution in [0.4, 0.5) is 0 Å². The Morgan fingerprint density at radius 2 is 1.26 bits per heavy atom. The Kier molecular flexibility index (Phi) is 33.2. The van der Waals surface area contributed by atoms with Crippen molar-refractivity contribution in [2.45, 2.75) is 155 Å². The molecule has 3 N–H and O–H groups in total. The van der Waals surface area contributed by atoms with E-state index in [0.717, 1.165) is 103 Å². The van der Waals surface area contributed by atoms with Crippen molar-refractivity contribution in [2.24, 2.45) is 0 Å². The van der Waals surface area contributed by atoms with E-state index in [0.29, 0.717) is 52.0 Å². The van der Waals surface area contributed by atoms with Crippen LogP contribution in [0.25, 0.3) is 0 Å². The molecule has 0 fully saturated rings. The highest BCUT2D eigenvalue weighted by molar-refractivity contribution is 5.69. The van der Waals surface area contributed by atoms with Gasteiger partial charge in [-0.15, -0.1) is 0 Å². The minimum Gasteiger partial charge on any atom is -0.481 e. The third-order valence-corrected chi connectivity index (χ3v) is 7.69. The van der Waals surface area contributed by atoms with Crippen LogP contribution >= 0.6 is 0 Å². The van der Waals surface area contributed by atoms with Crippen LogP contribution in [-0.4, -0.2) is 90.6 Å². The van der Waals surface area contributed by atoms with Gasteiger partial charge in [-0.3, -0.25) is 9.59 Å². The van der Waals surface area contributed by atoms with Gasteiger partial charge in [0, 0.05) is 45.8 Å². The number of aliphatic carboxylic acids is 1. The Labute approximate surface area is 280 Å². The number of carboxylic acid groups (broad SMARTS) is 1. The third-order valence-electron chi connectivity index (χ3n) is 7.69. The number of hydrogen-bond acceptors (Lipinski definition) is 8. The summed E-state index contributed by atoms with van der Waals surface area (Å²) in [6.07, 6.45) is 24.7. The molecular weight excluding hydrogens is 586 g/mol. The van der Waals surface area contributed by atoms with Crippen molar-refractivity contribution >= 4 is 11.9 Å². The van der Waals surface area contributed by atoms with E-state index in [1.165, 1.54) is 0 Å². The molecule has 0 aliphatic heterocycles. The van der Waals surface area contributed by atoms with Crippen LogP contribution < -0.4 is 0 Å². The number of aliphatic hydroxyl groups excluding tert-OH is 2. The van der Waals surface area contributed by atoms with E-state index in [1.807, 2.05) is 0 Å². The largest absolute Gasteiger partial charge is 0.481 e. The number of carboxylic acids is 1. The molecular formula is C37H69NO8. The normalized spacial score (nSPS) is 12.7. The smallest absolute Gasteiger partial charge is 0.305 e. The summed E-state index contributed by atoms with van der Waals surface area (Å²) in [5.41, 5.74) is 0. The molecule has 0 aromatic carbocycles. The van der Waals surface area contributed by atoms with E-state index in [2.05, 4.69) is 43.1 Å². The molecule has 1 atom stereocenters. The van der Waals surface area contributed by atoms with E-state index >= 15 is 0 Å². The number of aliphatic hydroxyl groups is 2. The first-order valence-electron chi connectivity index (χ1n) is 18.3. The number of nitrogens with zero attached hydrogens (tertiary/aromatic N) is 1. The average Bonchev–Trinajstić information content (AvgIpc) is 3.03. The quantitative estimate of drug-likeness (QED) is 0.0274. The number of allylic oxidation sites excluding steroid dienone is 4. The summed E-state index contributed by atoms with van der Waals surface area (Å²) in [5.74, 6) is -0.985. The number of carbonyl (C=O) groups excluding carboxylic acids is 1. The molecule has 0 radical (unpaired) electrons. The first kappa shape index (κ1) is 44.2. The highest BCUT2D eigenvalue weighted by Gasteiger charge is 2.14. The predicted octanol–water partition coefficient (Wildman–Crippen LogP) is 7.58. The summed E-state index contributed by atoms with van der Waals surface area (Å²) in [7, 11) is 0. The van der Waals surface area contributed by atoms with Gasteiger partial charge in [-0.25, -0.2) is 0 Å². The third kappa shape index (κ3) is 32.2. The summed E-state index contributed by atoms with van der Waals surface area (Å²) in [6, 6.07) is 0. The molecule has 46 heavy (non-hydrogen) atoms. The Hall–Kier alpha value is -1.78. The van der Waals surface area contributed by atoms with Crippen LogP contribution in [0.2, 0.25) is 0 Å². The molecule has 0 aromatic heterocycles. The van der Waals surface area contributed by atoms with Gasteiger partial charge in [-0.2, -0.15) is 0 Å². The number of esters is 1. The number of rotatable bonds is 35. The van der Waals surface area contributed by atoms with Gasteiger partial charge >= 0.3 is 11.9 Å². The summed E-state index contributed by atoms with van der Waals surface area (Å²) < 4.78 is 17.5. The fourth-order valence-electron chi connectivity index (χ4n) is 5.04. The molecule has 9 heteroatoms. The minimum absolute atomic E-state index is 0.125. The topological polar surface area (TPSA) is 126 Å². The predicted molar refractivity (Wildman–Crippen MR) is 186 cm³/mol. The van der Waals surface area contributed by atoms with Crippen LogP contribution in [-0.2, 0) is 23.8 Å². The van der Waals surface area contributed by atoms with Gasteiger partial charge in [0.05, 0.1) is 19.1 Å². The molecule has 270 valence electrons. The van der Waals surface area contributed by atoms with Crippen molar-refractivity contribution in [3.8, 4) is 0 Å². The second-order valence-electron chi connectivity index (χ2n) is 12.1. The standard InChI is InChI=1S/C37H69NO8/c1-3-5-7-9-12-20-31-45-37(46-32-21-13-10-8-6-4-2)26-25-36(43)44-30-19-14-11-18-27-38(28-22-29-39)33-34(40)23-16-15-17-24-35(41)42/h5-8,34,37,39-40H,3-4,9-33H2,1-2H3,(H,41,42)/b7-5-,8-6-. The second kappa shape index (κ2) is 34.6. The Morgan fingerprint density at radius 3 is 1.87 bits per heavy atom. The number of unbranched alkanes of at least 4 members (excludes halogenated alkanes) is 9. The molecule has 0 saturated heterocycles. The molecule has 0 bridgehead atoms. The molecule has 0 aliphatic rings. The zero-order valence-electron chi connectivity index (χ0n) is 29.4. The average molecular weight is 656 g/mol. The van der Waals surface area contributed by atoms with E-state index in [1.54, 1.807) is 0 Å². The van der Waals surface area contributed by atoms with E-state index in [9.17, 15) is 19.8 Å². The van der Waals surface area contributed by atoms with Crippen LogP contribution in [0.15, 0.2) is 24.3 Å². The lowest BCUT2D eigenvalue weighted by Crippen LogP contribution is -2.34. The van der Waals surface area contributed by atoms with E-state index < -0.39 is 12.1 Å². The molecule has 9 nitrogen and oxygen atoms in total. The van der Waals surface area contributed by atoms with Crippen LogP contribution in [0, 0.1) is 0 Å². The summed E-state index contributed by atoms with van der Waals surface area (Å²) in [5, 5.41) is 28.4. The lowest BCUT2D eigenvalue weighted by molar-refractivity contribution is -0.159. The molecule has 0 amide bonds. The van der Waals surface area contributed by atoms with Gasteiger partial charge in [0.1, 0.15) is 0 Å². The fraction of sp³-hybridized carbons (Fsp3) is 0.838. The summed E-state index contributed by atoms with van der Waals surface area (Å²) >= 11 is 0. The fourth-order valence-corrected chi connectivity index (χ4v) is 5.04. The van der Waals surface area contributed by atoms with E-state index in [-0.39, 0.29) is 31.7 Å². The van der Waals surface area contributed by atoms with E-state index in [4.69, 9.17) is 19.3 Å². The summed E-state index contributed by atoms with van der Waals surface area (Å²) in [4.78, 5) is 25.2. The van der Waals surface area contributed by atoms with Crippen molar-refractivity contribution in [1.82, 2.24) is 4.90 Å². The van der Waals surface area contributed by atoms with Crippen molar-refractivity contribution < 1.29 is 39.1 Å². The molecule has 1 unspecified atom stereocenters. The van der Waals surface area contributed by atoms with Gasteiger partial charge in [-0.1, -0.05) is 63.8 Å². The molecule has 0 spiro atoms. The highest BCUT2D eigenvalue weighted by Crippen LogP contribution is 2.12. The monoisotopic (exact) mass is 656 g/mol. The number of carbonyl (C=O) groups is 2. The zero-order valence-corrected chi connectivity index (χ0v) is 29.4. The van der Waals surface area contributed by atoms with Gasteiger partial charge < -0.3 is 34.4 Å². The molecule has 0 aromatic rings. The van der Waals surface area contributed by atoms with Crippen LogP contribution in [0.5, 0.6) is 0 Å². The number of hydrogen-bond donors (Lipinski definition) is 3. The van der Waals surface area contributed by atoms with Gasteiger partial charge in [0.25, 0.3) is 0 Å². The molecule has 0 saturated carbocycles. The maximum atomic E-state index is 12.4. The molecule has 0 heterocycles. The van der Waals surface area contributed by atoms with Gasteiger partial charge in [-0.05, 0) is 90.0 Å². The van der Waals surface area contributed by atoms with Crippen molar-refractivity contribution in [2.75, 3.05) is 46.1 Å². The maximum absolute atomic E-state index is 12.4. The molecule has 0 aliphatic carbocycles.